The smallest absolute Gasteiger partial charge is 0.249 e. The second-order valence-electron chi connectivity index (χ2n) is 2.78. The molecule has 2 unspecified atom stereocenters. The number of pyridine rings is 1. The maximum atomic E-state index is 10.6. The van der Waals surface area contributed by atoms with Crippen LogP contribution in [0.2, 0.25) is 0 Å². The van der Waals surface area contributed by atoms with Gasteiger partial charge in [-0.15, -0.1) is 0 Å². The fourth-order valence-electron chi connectivity index (χ4n) is 0.951. The van der Waals surface area contributed by atoms with Crippen molar-refractivity contribution in [2.24, 2.45) is 5.73 Å². The Bertz CT molecular complexity index is 342. The number of hydrogen-bond donors (Lipinski definition) is 4. The minimum absolute atomic E-state index is 0.108. The predicted octanol–water partition coefficient (Wildman–Crippen LogP) is -1.46. The number of rotatable bonds is 3. The molecule has 0 aliphatic carbocycles. The van der Waals surface area contributed by atoms with Crippen molar-refractivity contribution in [1.82, 2.24) is 4.98 Å². The Kier molecular flexibility index (Phi) is 3.00. The Hall–Kier alpha value is -1.66. The van der Waals surface area contributed by atoms with Gasteiger partial charge in [-0.2, -0.15) is 0 Å². The Balaban J connectivity index is 2.89. The Morgan fingerprint density at radius 3 is 2.57 bits per heavy atom. The number of carbonyl (C=O) groups is 1. The summed E-state index contributed by atoms with van der Waals surface area (Å²) in [7, 11) is 0. The summed E-state index contributed by atoms with van der Waals surface area (Å²) in [5.41, 5.74) is 10.3. The lowest BCUT2D eigenvalue weighted by Crippen LogP contribution is -2.34. The molecular weight excluding hydrogens is 186 g/mol. The molecule has 1 heterocycles. The lowest BCUT2D eigenvalue weighted by molar-refractivity contribution is -0.132. The highest BCUT2D eigenvalue weighted by atomic mass is 16.3. The lowest BCUT2D eigenvalue weighted by Gasteiger charge is -2.14. The van der Waals surface area contributed by atoms with E-state index < -0.39 is 18.1 Å². The third-order valence-electron chi connectivity index (χ3n) is 1.69. The van der Waals surface area contributed by atoms with Crippen LogP contribution in [-0.2, 0) is 4.79 Å². The van der Waals surface area contributed by atoms with Gasteiger partial charge in [0.25, 0.3) is 0 Å². The van der Waals surface area contributed by atoms with E-state index in [-0.39, 0.29) is 11.5 Å². The number of nitrogens with two attached hydrogens (primary N) is 2. The molecule has 0 fully saturated rings. The number of anilines is 1. The molecular formula is C8H11N3O3. The van der Waals surface area contributed by atoms with Crippen molar-refractivity contribution < 1.29 is 15.0 Å². The molecule has 1 amide bonds. The number of aliphatic hydroxyl groups is 2. The van der Waals surface area contributed by atoms with E-state index in [4.69, 9.17) is 16.6 Å². The van der Waals surface area contributed by atoms with Crippen LogP contribution in [0, 0.1) is 0 Å². The van der Waals surface area contributed by atoms with Crippen LogP contribution in [0.25, 0.3) is 0 Å². The van der Waals surface area contributed by atoms with E-state index in [0.717, 1.165) is 0 Å². The van der Waals surface area contributed by atoms with E-state index in [1.165, 1.54) is 12.1 Å². The molecule has 0 aliphatic rings. The summed E-state index contributed by atoms with van der Waals surface area (Å²) < 4.78 is 0. The van der Waals surface area contributed by atoms with Gasteiger partial charge in [0.15, 0.2) is 6.10 Å². The molecule has 6 nitrogen and oxygen atoms in total. The number of aromatic nitrogens is 1. The second-order valence-corrected chi connectivity index (χ2v) is 2.78. The molecule has 6 heteroatoms. The van der Waals surface area contributed by atoms with Crippen LogP contribution in [0.3, 0.4) is 0 Å². The van der Waals surface area contributed by atoms with Crippen LogP contribution in [0.15, 0.2) is 18.2 Å². The van der Waals surface area contributed by atoms with Crippen molar-refractivity contribution in [2.45, 2.75) is 12.2 Å². The van der Waals surface area contributed by atoms with Crippen molar-refractivity contribution in [3.05, 3.63) is 23.9 Å². The molecule has 1 rings (SSSR count). The summed E-state index contributed by atoms with van der Waals surface area (Å²) in [5.74, 6) is -0.819. The largest absolute Gasteiger partial charge is 0.384 e. The lowest BCUT2D eigenvalue weighted by atomic mass is 10.1. The zero-order chi connectivity index (χ0) is 10.7. The summed E-state index contributed by atoms with van der Waals surface area (Å²) in [6.45, 7) is 0. The van der Waals surface area contributed by atoms with Gasteiger partial charge in [-0.1, -0.05) is 6.07 Å². The number of nitrogen functional groups attached to an aromatic ring is 1. The molecule has 0 saturated carbocycles. The van der Waals surface area contributed by atoms with E-state index >= 15 is 0 Å². The summed E-state index contributed by atoms with van der Waals surface area (Å²) in [4.78, 5) is 14.3. The summed E-state index contributed by atoms with van der Waals surface area (Å²) >= 11 is 0. The van der Waals surface area contributed by atoms with Crippen molar-refractivity contribution in [1.29, 1.82) is 0 Å². The third kappa shape index (κ3) is 2.18. The van der Waals surface area contributed by atoms with E-state index in [2.05, 4.69) is 4.98 Å². The third-order valence-corrected chi connectivity index (χ3v) is 1.69. The fraction of sp³-hybridized carbons (Fsp3) is 0.250. The van der Waals surface area contributed by atoms with Gasteiger partial charge in [0.1, 0.15) is 11.9 Å². The van der Waals surface area contributed by atoms with E-state index in [0.29, 0.717) is 0 Å². The average Bonchev–Trinajstić information content (AvgIpc) is 2.15. The topological polar surface area (TPSA) is 122 Å². The minimum atomic E-state index is -1.68. The number of primary amides is 1. The highest BCUT2D eigenvalue weighted by molar-refractivity contribution is 5.79. The van der Waals surface area contributed by atoms with Gasteiger partial charge in [0.05, 0.1) is 5.69 Å². The molecule has 76 valence electrons. The van der Waals surface area contributed by atoms with Crippen LogP contribution in [0.1, 0.15) is 11.8 Å². The number of amides is 1. The van der Waals surface area contributed by atoms with Gasteiger partial charge in [0.2, 0.25) is 5.91 Å². The highest BCUT2D eigenvalue weighted by Crippen LogP contribution is 2.15. The molecule has 0 bridgehead atoms. The molecule has 6 N–H and O–H groups in total. The summed E-state index contributed by atoms with van der Waals surface area (Å²) in [6, 6.07) is 4.51. The fourth-order valence-corrected chi connectivity index (χ4v) is 0.951. The van der Waals surface area contributed by atoms with Crippen LogP contribution in [0.5, 0.6) is 0 Å². The second kappa shape index (κ2) is 4.03. The first-order valence-corrected chi connectivity index (χ1v) is 3.90. The summed E-state index contributed by atoms with van der Waals surface area (Å²) in [5, 5.41) is 18.5. The molecule has 14 heavy (non-hydrogen) atoms. The van der Waals surface area contributed by atoms with Crippen molar-refractivity contribution in [3.63, 3.8) is 0 Å². The first-order chi connectivity index (χ1) is 6.52. The van der Waals surface area contributed by atoms with Crippen LogP contribution >= 0.6 is 0 Å². The van der Waals surface area contributed by atoms with Gasteiger partial charge < -0.3 is 21.7 Å². The Morgan fingerprint density at radius 1 is 1.43 bits per heavy atom. The van der Waals surface area contributed by atoms with Crippen molar-refractivity contribution >= 4 is 11.7 Å². The van der Waals surface area contributed by atoms with Crippen molar-refractivity contribution in [2.75, 3.05) is 5.73 Å². The summed E-state index contributed by atoms with van der Waals surface area (Å²) in [6.07, 6.45) is -3.12. The van der Waals surface area contributed by atoms with Crippen LogP contribution < -0.4 is 11.5 Å². The van der Waals surface area contributed by atoms with Crippen LogP contribution in [0.4, 0.5) is 5.82 Å². The van der Waals surface area contributed by atoms with Crippen molar-refractivity contribution in [3.8, 4) is 0 Å². The molecule has 1 aromatic rings. The molecule has 0 saturated heterocycles. The van der Waals surface area contributed by atoms with E-state index in [1.54, 1.807) is 6.07 Å². The van der Waals surface area contributed by atoms with Gasteiger partial charge in [-0.05, 0) is 12.1 Å². The number of hydrogen-bond acceptors (Lipinski definition) is 5. The molecule has 0 radical (unpaired) electrons. The van der Waals surface area contributed by atoms with Gasteiger partial charge >= 0.3 is 0 Å². The molecule has 0 aliphatic heterocycles. The SMILES string of the molecule is NC(=O)C(O)C(O)c1cccc(N)n1. The average molecular weight is 197 g/mol. The molecule has 0 spiro atoms. The molecule has 0 aromatic carbocycles. The Morgan fingerprint density at radius 2 is 2.07 bits per heavy atom. The molecule has 1 aromatic heterocycles. The maximum Gasteiger partial charge on any atom is 0.249 e. The predicted molar refractivity (Wildman–Crippen MR) is 48.8 cm³/mol. The quantitative estimate of drug-likeness (QED) is 0.471. The van der Waals surface area contributed by atoms with Gasteiger partial charge in [-0.3, -0.25) is 4.79 Å². The zero-order valence-corrected chi connectivity index (χ0v) is 7.29. The normalized spacial score (nSPS) is 14.7. The minimum Gasteiger partial charge on any atom is -0.384 e. The Labute approximate surface area is 80.2 Å². The van der Waals surface area contributed by atoms with E-state index in [1.807, 2.05) is 0 Å². The number of carbonyl (C=O) groups excluding carboxylic acids is 1. The zero-order valence-electron chi connectivity index (χ0n) is 7.29. The maximum absolute atomic E-state index is 10.6. The first-order valence-electron chi connectivity index (χ1n) is 3.90. The highest BCUT2D eigenvalue weighted by Gasteiger charge is 2.24. The monoisotopic (exact) mass is 197 g/mol. The van der Waals surface area contributed by atoms with Gasteiger partial charge in [-0.25, -0.2) is 4.98 Å². The number of nitrogens with zero attached hydrogens (tertiary/aromatic N) is 1. The first kappa shape index (κ1) is 10.4. The van der Waals surface area contributed by atoms with E-state index in [9.17, 15) is 9.90 Å². The standard InChI is InChI=1S/C8H11N3O3/c9-5-3-1-2-4(11-5)6(12)7(13)8(10)14/h1-3,6-7,12-13H,(H2,9,11)(H2,10,14). The number of aliphatic hydroxyl groups excluding tert-OH is 2. The van der Waals surface area contributed by atoms with Gasteiger partial charge in [0, 0.05) is 0 Å². The van der Waals surface area contributed by atoms with Crippen LogP contribution in [-0.4, -0.2) is 27.2 Å². The molecule has 2 atom stereocenters.